The van der Waals surface area contributed by atoms with Crippen molar-refractivity contribution in [2.75, 3.05) is 6.54 Å². The molecule has 1 saturated heterocycles. The van der Waals surface area contributed by atoms with E-state index >= 15 is 0 Å². The molecule has 1 fully saturated rings. The SMILES string of the molecule is C=CCC(C)C=C(C)C=C1SC(=S)N(CCCC(=O)O)C1=O. The molecule has 1 amide bonds. The molecule has 0 aromatic rings. The first-order valence-electron chi connectivity index (χ1n) is 7.11. The molecule has 6 heteroatoms. The maximum absolute atomic E-state index is 12.3. The van der Waals surface area contributed by atoms with Crippen LogP contribution in [0.5, 0.6) is 0 Å². The molecule has 0 aromatic carbocycles. The van der Waals surface area contributed by atoms with Gasteiger partial charge in [-0.2, -0.15) is 0 Å². The van der Waals surface area contributed by atoms with Gasteiger partial charge in [0.15, 0.2) is 0 Å². The first-order valence-corrected chi connectivity index (χ1v) is 8.34. The Balaban J connectivity index is 2.71. The van der Waals surface area contributed by atoms with Crippen LogP contribution in [-0.2, 0) is 9.59 Å². The van der Waals surface area contributed by atoms with Crippen molar-refractivity contribution in [2.45, 2.75) is 33.1 Å². The van der Waals surface area contributed by atoms with Crippen LogP contribution in [0.15, 0.2) is 35.3 Å². The number of nitrogens with zero attached hydrogens (tertiary/aromatic N) is 1. The fraction of sp³-hybridized carbons (Fsp3) is 0.438. The molecule has 120 valence electrons. The third kappa shape index (κ3) is 5.77. The summed E-state index contributed by atoms with van der Waals surface area (Å²) < 4.78 is 0.494. The van der Waals surface area contributed by atoms with Gasteiger partial charge >= 0.3 is 5.97 Å². The molecule has 0 saturated carbocycles. The number of allylic oxidation sites excluding steroid dienone is 4. The molecule has 1 heterocycles. The fourth-order valence-corrected chi connectivity index (χ4v) is 3.47. The Hall–Kier alpha value is -1.40. The average molecular weight is 339 g/mol. The molecular formula is C16H21NO3S2. The van der Waals surface area contributed by atoms with Crippen molar-refractivity contribution >= 4 is 40.2 Å². The van der Waals surface area contributed by atoms with Crippen molar-refractivity contribution in [3.05, 3.63) is 35.3 Å². The molecule has 1 unspecified atom stereocenters. The van der Waals surface area contributed by atoms with E-state index in [4.69, 9.17) is 17.3 Å². The number of carboxylic acids is 1. The number of hydrogen-bond acceptors (Lipinski definition) is 4. The number of carbonyl (C=O) groups excluding carboxylic acids is 1. The van der Waals surface area contributed by atoms with Gasteiger partial charge in [-0.05, 0) is 31.8 Å². The van der Waals surface area contributed by atoms with Crippen LogP contribution in [0.1, 0.15) is 33.1 Å². The standard InChI is InChI=1S/C16H21NO3S2/c1-4-6-11(2)9-12(3)10-13-15(20)17(16(21)22-13)8-5-7-14(18)19/h4,9-11H,1,5-8H2,2-3H3,(H,18,19). The lowest BCUT2D eigenvalue weighted by molar-refractivity contribution is -0.137. The van der Waals surface area contributed by atoms with Gasteiger partial charge in [-0.25, -0.2) is 0 Å². The van der Waals surface area contributed by atoms with Gasteiger partial charge in [-0.15, -0.1) is 6.58 Å². The lowest BCUT2D eigenvalue weighted by Crippen LogP contribution is -2.29. The molecular weight excluding hydrogens is 318 g/mol. The highest BCUT2D eigenvalue weighted by Gasteiger charge is 2.31. The van der Waals surface area contributed by atoms with Gasteiger partial charge in [0.05, 0.1) is 4.91 Å². The van der Waals surface area contributed by atoms with Gasteiger partial charge in [-0.3, -0.25) is 14.5 Å². The van der Waals surface area contributed by atoms with Gasteiger partial charge in [0, 0.05) is 13.0 Å². The third-order valence-electron chi connectivity index (χ3n) is 3.09. The second-order valence-corrected chi connectivity index (χ2v) is 6.92. The molecule has 1 aliphatic rings. The average Bonchev–Trinajstić information content (AvgIpc) is 2.65. The van der Waals surface area contributed by atoms with Crippen molar-refractivity contribution in [3.8, 4) is 0 Å². The summed E-state index contributed by atoms with van der Waals surface area (Å²) in [5.74, 6) is -0.630. The summed E-state index contributed by atoms with van der Waals surface area (Å²) in [6, 6.07) is 0. The highest BCUT2D eigenvalue weighted by Crippen LogP contribution is 2.32. The zero-order valence-electron chi connectivity index (χ0n) is 12.9. The Labute approximate surface area is 140 Å². The number of amides is 1. The Bertz CT molecular complexity index is 538. The monoisotopic (exact) mass is 339 g/mol. The lowest BCUT2D eigenvalue weighted by atomic mass is 10.0. The predicted octanol–water partition coefficient (Wildman–Crippen LogP) is 3.75. The second kappa shape index (κ2) is 8.90. The molecule has 4 nitrogen and oxygen atoms in total. The summed E-state index contributed by atoms with van der Waals surface area (Å²) in [6.45, 7) is 8.12. The fourth-order valence-electron chi connectivity index (χ4n) is 2.12. The van der Waals surface area contributed by atoms with Gasteiger partial charge in [0.1, 0.15) is 4.32 Å². The van der Waals surface area contributed by atoms with Crippen LogP contribution >= 0.6 is 24.0 Å². The van der Waals surface area contributed by atoms with Crippen LogP contribution in [0.25, 0.3) is 0 Å². The number of thiocarbonyl (C=S) groups is 1. The summed E-state index contributed by atoms with van der Waals surface area (Å²) in [4.78, 5) is 24.9. The molecule has 1 atom stereocenters. The van der Waals surface area contributed by atoms with E-state index in [1.165, 1.54) is 16.7 Å². The maximum Gasteiger partial charge on any atom is 0.303 e. The largest absolute Gasteiger partial charge is 0.481 e. The first-order chi connectivity index (χ1) is 10.3. The van der Waals surface area contributed by atoms with E-state index in [0.29, 0.717) is 28.1 Å². The van der Waals surface area contributed by atoms with Crippen molar-refractivity contribution in [2.24, 2.45) is 5.92 Å². The number of thioether (sulfide) groups is 1. The van der Waals surface area contributed by atoms with Gasteiger partial charge in [0.25, 0.3) is 5.91 Å². The summed E-state index contributed by atoms with van der Waals surface area (Å²) in [5, 5.41) is 8.65. The molecule has 0 aliphatic carbocycles. The molecule has 1 rings (SSSR count). The van der Waals surface area contributed by atoms with Crippen LogP contribution in [-0.4, -0.2) is 32.7 Å². The number of rotatable bonds is 8. The van der Waals surface area contributed by atoms with E-state index in [2.05, 4.69) is 19.6 Å². The summed E-state index contributed by atoms with van der Waals surface area (Å²) >= 11 is 6.47. The summed E-state index contributed by atoms with van der Waals surface area (Å²) in [6.07, 6.45) is 7.14. The molecule has 0 aromatic heterocycles. The summed E-state index contributed by atoms with van der Waals surface area (Å²) in [7, 11) is 0. The molecule has 1 aliphatic heterocycles. The Morgan fingerprint density at radius 1 is 1.55 bits per heavy atom. The van der Waals surface area contributed by atoms with Gasteiger partial charge in [-0.1, -0.05) is 48.6 Å². The van der Waals surface area contributed by atoms with Gasteiger partial charge in [0.2, 0.25) is 0 Å². The Morgan fingerprint density at radius 2 is 2.23 bits per heavy atom. The van der Waals surface area contributed by atoms with E-state index in [9.17, 15) is 9.59 Å². The smallest absolute Gasteiger partial charge is 0.303 e. The van der Waals surface area contributed by atoms with Crippen molar-refractivity contribution in [3.63, 3.8) is 0 Å². The quantitative estimate of drug-likeness (QED) is 0.414. The van der Waals surface area contributed by atoms with Crippen LogP contribution < -0.4 is 0 Å². The minimum absolute atomic E-state index is 0.0358. The number of carboxylic acid groups (broad SMARTS) is 1. The molecule has 0 bridgehead atoms. The highest BCUT2D eigenvalue weighted by molar-refractivity contribution is 8.26. The van der Waals surface area contributed by atoms with E-state index in [-0.39, 0.29) is 12.3 Å². The van der Waals surface area contributed by atoms with Crippen molar-refractivity contribution < 1.29 is 14.7 Å². The normalized spacial score (nSPS) is 18.9. The van der Waals surface area contributed by atoms with Gasteiger partial charge < -0.3 is 5.11 Å². The zero-order chi connectivity index (χ0) is 16.7. The number of carbonyl (C=O) groups is 2. The van der Waals surface area contributed by atoms with Crippen molar-refractivity contribution in [1.29, 1.82) is 0 Å². The van der Waals surface area contributed by atoms with Crippen LogP contribution in [0.3, 0.4) is 0 Å². The zero-order valence-corrected chi connectivity index (χ0v) is 14.5. The third-order valence-corrected chi connectivity index (χ3v) is 4.47. The molecule has 0 radical (unpaired) electrons. The second-order valence-electron chi connectivity index (χ2n) is 5.24. The Kier molecular flexibility index (Phi) is 7.55. The van der Waals surface area contributed by atoms with Crippen molar-refractivity contribution in [1.82, 2.24) is 4.90 Å². The Morgan fingerprint density at radius 3 is 2.82 bits per heavy atom. The van der Waals surface area contributed by atoms with E-state index < -0.39 is 5.97 Å². The number of hydrogen-bond donors (Lipinski definition) is 1. The lowest BCUT2D eigenvalue weighted by Gasteiger charge is -2.13. The van der Waals surface area contributed by atoms with Crippen LogP contribution in [0.2, 0.25) is 0 Å². The van der Waals surface area contributed by atoms with Crippen LogP contribution in [0.4, 0.5) is 0 Å². The van der Waals surface area contributed by atoms with E-state index in [1.54, 1.807) is 0 Å². The molecule has 22 heavy (non-hydrogen) atoms. The van der Waals surface area contributed by atoms with Crippen LogP contribution in [0, 0.1) is 5.92 Å². The minimum Gasteiger partial charge on any atom is -0.481 e. The van der Waals surface area contributed by atoms with E-state index in [0.717, 1.165) is 12.0 Å². The highest BCUT2D eigenvalue weighted by atomic mass is 32.2. The summed E-state index contributed by atoms with van der Waals surface area (Å²) in [5.41, 5.74) is 1.01. The minimum atomic E-state index is -0.865. The number of aliphatic carboxylic acids is 1. The first kappa shape index (κ1) is 18.6. The molecule has 0 spiro atoms. The maximum atomic E-state index is 12.3. The van der Waals surface area contributed by atoms with E-state index in [1.807, 2.05) is 19.1 Å². The molecule has 1 N–H and O–H groups in total. The topological polar surface area (TPSA) is 57.6 Å². The predicted molar refractivity (Wildman–Crippen MR) is 94.6 cm³/mol.